The SMILES string of the molecule is OC(c1cccc(C(F)F)c1)c1cccc2c1OCC2. The van der Waals surface area contributed by atoms with Gasteiger partial charge < -0.3 is 9.84 Å². The Labute approximate surface area is 115 Å². The lowest BCUT2D eigenvalue weighted by molar-refractivity contribution is 0.150. The van der Waals surface area contributed by atoms with Gasteiger partial charge in [0.15, 0.2) is 0 Å². The number of para-hydroxylation sites is 1. The maximum atomic E-state index is 12.7. The lowest BCUT2D eigenvalue weighted by Crippen LogP contribution is -2.03. The molecule has 2 aromatic rings. The summed E-state index contributed by atoms with van der Waals surface area (Å²) in [5.41, 5.74) is 2.04. The van der Waals surface area contributed by atoms with E-state index >= 15 is 0 Å². The van der Waals surface area contributed by atoms with E-state index in [2.05, 4.69) is 0 Å². The summed E-state index contributed by atoms with van der Waals surface area (Å²) in [6.45, 7) is 0.593. The Morgan fingerprint density at radius 1 is 1.05 bits per heavy atom. The van der Waals surface area contributed by atoms with E-state index in [9.17, 15) is 13.9 Å². The monoisotopic (exact) mass is 276 g/mol. The molecule has 0 bridgehead atoms. The summed E-state index contributed by atoms with van der Waals surface area (Å²) in [5.74, 6) is 0.683. The quantitative estimate of drug-likeness (QED) is 0.927. The van der Waals surface area contributed by atoms with Gasteiger partial charge in [-0.05, 0) is 17.2 Å². The topological polar surface area (TPSA) is 29.5 Å². The normalized spacial score (nSPS) is 15.0. The third-order valence-electron chi connectivity index (χ3n) is 3.52. The lowest BCUT2D eigenvalue weighted by Gasteiger charge is -2.15. The first-order valence-electron chi connectivity index (χ1n) is 6.47. The van der Waals surface area contributed by atoms with E-state index in [0.717, 1.165) is 12.0 Å². The second-order valence-corrected chi connectivity index (χ2v) is 4.81. The third kappa shape index (κ3) is 2.27. The van der Waals surface area contributed by atoms with E-state index in [1.807, 2.05) is 12.1 Å². The molecule has 0 radical (unpaired) electrons. The zero-order valence-electron chi connectivity index (χ0n) is 10.7. The molecule has 0 aliphatic carbocycles. The van der Waals surface area contributed by atoms with E-state index in [-0.39, 0.29) is 5.56 Å². The van der Waals surface area contributed by atoms with Crippen LogP contribution in [0.25, 0.3) is 0 Å². The van der Waals surface area contributed by atoms with Crippen LogP contribution in [0.4, 0.5) is 8.78 Å². The van der Waals surface area contributed by atoms with Gasteiger partial charge in [-0.3, -0.25) is 0 Å². The van der Waals surface area contributed by atoms with E-state index < -0.39 is 12.5 Å². The molecule has 1 aliphatic heterocycles. The van der Waals surface area contributed by atoms with Crippen LogP contribution in [0.2, 0.25) is 0 Å². The summed E-state index contributed by atoms with van der Waals surface area (Å²) >= 11 is 0. The highest BCUT2D eigenvalue weighted by atomic mass is 19.3. The standard InChI is InChI=1S/C16H14F2O2/c17-16(18)12-5-1-4-11(9-12)14(19)13-6-2-3-10-7-8-20-15(10)13/h1-6,9,14,16,19H,7-8H2. The average Bonchev–Trinajstić information content (AvgIpc) is 2.95. The number of ether oxygens (including phenoxy) is 1. The Bertz CT molecular complexity index is 626. The second kappa shape index (κ2) is 5.21. The van der Waals surface area contributed by atoms with Crippen molar-refractivity contribution in [3.8, 4) is 5.75 Å². The Hall–Kier alpha value is -1.94. The molecule has 1 atom stereocenters. The minimum atomic E-state index is -2.54. The molecule has 104 valence electrons. The fraction of sp³-hybridized carbons (Fsp3) is 0.250. The van der Waals surface area contributed by atoms with Gasteiger partial charge in [-0.15, -0.1) is 0 Å². The van der Waals surface area contributed by atoms with Crippen LogP contribution in [0.15, 0.2) is 42.5 Å². The number of rotatable bonds is 3. The van der Waals surface area contributed by atoms with Gasteiger partial charge in [-0.25, -0.2) is 8.78 Å². The minimum Gasteiger partial charge on any atom is -0.493 e. The number of hydrogen-bond acceptors (Lipinski definition) is 2. The first-order valence-corrected chi connectivity index (χ1v) is 6.47. The fourth-order valence-electron chi connectivity index (χ4n) is 2.50. The summed E-state index contributed by atoms with van der Waals surface area (Å²) in [7, 11) is 0. The van der Waals surface area contributed by atoms with Crippen LogP contribution in [0.5, 0.6) is 5.75 Å². The van der Waals surface area contributed by atoms with Crippen molar-refractivity contribution in [2.24, 2.45) is 0 Å². The molecule has 2 aromatic carbocycles. The highest BCUT2D eigenvalue weighted by Gasteiger charge is 2.22. The Morgan fingerprint density at radius 3 is 2.60 bits per heavy atom. The van der Waals surface area contributed by atoms with Crippen LogP contribution in [0.1, 0.15) is 34.8 Å². The molecular formula is C16H14F2O2. The third-order valence-corrected chi connectivity index (χ3v) is 3.52. The Balaban J connectivity index is 1.99. The molecule has 0 fully saturated rings. The van der Waals surface area contributed by atoms with Gasteiger partial charge in [0.2, 0.25) is 0 Å². The molecule has 0 saturated carbocycles. The molecule has 1 unspecified atom stereocenters. The van der Waals surface area contributed by atoms with Crippen LogP contribution < -0.4 is 4.74 Å². The van der Waals surface area contributed by atoms with Crippen molar-refractivity contribution in [3.05, 3.63) is 64.7 Å². The fourth-order valence-corrected chi connectivity index (χ4v) is 2.50. The van der Waals surface area contributed by atoms with Crippen LogP contribution in [0, 0.1) is 0 Å². The molecular weight excluding hydrogens is 262 g/mol. The van der Waals surface area contributed by atoms with Gasteiger partial charge in [0.25, 0.3) is 6.43 Å². The van der Waals surface area contributed by atoms with Gasteiger partial charge in [0.05, 0.1) is 6.61 Å². The largest absolute Gasteiger partial charge is 0.493 e. The van der Waals surface area contributed by atoms with E-state index in [0.29, 0.717) is 23.5 Å². The number of aliphatic hydroxyl groups excluding tert-OH is 1. The molecule has 0 saturated heterocycles. The zero-order chi connectivity index (χ0) is 14.1. The number of halogens is 2. The summed E-state index contributed by atoms with van der Waals surface area (Å²) in [6, 6.07) is 11.4. The van der Waals surface area contributed by atoms with Crippen molar-refractivity contribution in [1.29, 1.82) is 0 Å². The number of aliphatic hydroxyl groups is 1. The zero-order valence-corrected chi connectivity index (χ0v) is 10.7. The van der Waals surface area contributed by atoms with Crippen molar-refractivity contribution >= 4 is 0 Å². The van der Waals surface area contributed by atoms with E-state index in [1.165, 1.54) is 18.2 Å². The van der Waals surface area contributed by atoms with E-state index in [1.54, 1.807) is 12.1 Å². The minimum absolute atomic E-state index is 0.0879. The van der Waals surface area contributed by atoms with Crippen LogP contribution >= 0.6 is 0 Å². The number of hydrogen-bond donors (Lipinski definition) is 1. The maximum absolute atomic E-state index is 12.7. The molecule has 0 spiro atoms. The Kier molecular flexibility index (Phi) is 3.40. The van der Waals surface area contributed by atoms with Crippen molar-refractivity contribution in [3.63, 3.8) is 0 Å². The molecule has 1 aliphatic rings. The first-order chi connectivity index (χ1) is 9.66. The maximum Gasteiger partial charge on any atom is 0.263 e. The molecule has 4 heteroatoms. The van der Waals surface area contributed by atoms with Crippen molar-refractivity contribution in [2.45, 2.75) is 19.0 Å². The number of alkyl halides is 2. The summed E-state index contributed by atoms with van der Waals surface area (Å²) in [6.07, 6.45) is -2.69. The summed E-state index contributed by atoms with van der Waals surface area (Å²) in [4.78, 5) is 0. The van der Waals surface area contributed by atoms with Crippen LogP contribution in [-0.4, -0.2) is 11.7 Å². The first kappa shape index (κ1) is 13.1. The highest BCUT2D eigenvalue weighted by Crippen LogP contribution is 2.36. The molecule has 20 heavy (non-hydrogen) atoms. The number of benzene rings is 2. The number of fused-ring (bicyclic) bond motifs is 1. The van der Waals surface area contributed by atoms with Gasteiger partial charge in [0, 0.05) is 17.5 Å². The van der Waals surface area contributed by atoms with Gasteiger partial charge >= 0.3 is 0 Å². The summed E-state index contributed by atoms with van der Waals surface area (Å²) in [5, 5.41) is 10.4. The molecule has 0 aromatic heterocycles. The molecule has 3 rings (SSSR count). The predicted molar refractivity (Wildman–Crippen MR) is 71.1 cm³/mol. The van der Waals surface area contributed by atoms with Gasteiger partial charge in [0.1, 0.15) is 11.9 Å². The average molecular weight is 276 g/mol. The van der Waals surface area contributed by atoms with Crippen LogP contribution in [0.3, 0.4) is 0 Å². The molecule has 1 N–H and O–H groups in total. The van der Waals surface area contributed by atoms with Crippen molar-refractivity contribution in [2.75, 3.05) is 6.61 Å². The molecule has 2 nitrogen and oxygen atoms in total. The molecule has 1 heterocycles. The van der Waals surface area contributed by atoms with Crippen molar-refractivity contribution in [1.82, 2.24) is 0 Å². The molecule has 0 amide bonds. The second-order valence-electron chi connectivity index (χ2n) is 4.81. The smallest absolute Gasteiger partial charge is 0.263 e. The lowest BCUT2D eigenvalue weighted by atomic mass is 9.97. The van der Waals surface area contributed by atoms with E-state index in [4.69, 9.17) is 4.74 Å². The van der Waals surface area contributed by atoms with Gasteiger partial charge in [-0.2, -0.15) is 0 Å². The van der Waals surface area contributed by atoms with Crippen LogP contribution in [-0.2, 0) is 6.42 Å². The Morgan fingerprint density at radius 2 is 1.80 bits per heavy atom. The summed E-state index contributed by atoms with van der Waals surface area (Å²) < 4.78 is 31.0. The predicted octanol–water partition coefficient (Wildman–Crippen LogP) is 3.64. The van der Waals surface area contributed by atoms with Gasteiger partial charge in [-0.1, -0.05) is 36.4 Å². The van der Waals surface area contributed by atoms with Crippen molar-refractivity contribution < 1.29 is 18.6 Å². The highest BCUT2D eigenvalue weighted by molar-refractivity contribution is 5.48.